The van der Waals surface area contributed by atoms with Gasteiger partial charge in [0, 0.05) is 31.0 Å². The summed E-state index contributed by atoms with van der Waals surface area (Å²) in [5.41, 5.74) is 2.89. The Morgan fingerprint density at radius 3 is 1.69 bits per heavy atom. The minimum absolute atomic E-state index is 0.409. The average molecular weight is 341 g/mol. The van der Waals surface area contributed by atoms with Gasteiger partial charge in [-0.3, -0.25) is 0 Å². The van der Waals surface area contributed by atoms with Crippen LogP contribution in [-0.4, -0.2) is 23.9 Å². The fourth-order valence-electron chi connectivity index (χ4n) is 3.33. The van der Waals surface area contributed by atoms with Crippen molar-refractivity contribution in [2.24, 2.45) is 0 Å². The van der Waals surface area contributed by atoms with Gasteiger partial charge in [0.2, 0.25) is 0 Å². The van der Waals surface area contributed by atoms with E-state index >= 15 is 0 Å². The molecule has 0 spiro atoms. The van der Waals surface area contributed by atoms with Gasteiger partial charge >= 0.3 is 0 Å². The summed E-state index contributed by atoms with van der Waals surface area (Å²) < 4.78 is 0. The Balaban J connectivity index is 2.06. The normalized spacial score (nSPS) is 11.0. The Morgan fingerprint density at radius 2 is 1.23 bits per heavy atom. The second-order valence-electron chi connectivity index (χ2n) is 6.47. The molecule has 3 aromatic carbocycles. The number of benzene rings is 3. The van der Waals surface area contributed by atoms with E-state index in [9.17, 15) is 5.21 Å². The Morgan fingerprint density at radius 1 is 0.769 bits per heavy atom. The number of likely N-dealkylation sites (N-methyl/N-ethyl adjacent to an activating group) is 1. The molecule has 0 unspecified atom stereocenters. The monoisotopic (exact) mass is 341 g/mol. The molecule has 3 rings (SSSR count). The maximum atomic E-state index is 10.1. The van der Waals surface area contributed by atoms with E-state index in [-0.39, 0.29) is 0 Å². The molecule has 130 valence electrons. The lowest BCUT2D eigenvalue weighted by atomic mass is 9.72. The highest BCUT2D eigenvalue weighted by Gasteiger charge is 2.34. The van der Waals surface area contributed by atoms with Crippen LogP contribution in [0.5, 0.6) is 0 Å². The number of hydrogen-bond donors (Lipinski definition) is 1. The molecule has 0 bridgehead atoms. The molecule has 0 fully saturated rings. The van der Waals surface area contributed by atoms with Crippen LogP contribution in [-0.2, 0) is 5.41 Å². The number of rotatable bonds is 5. The lowest BCUT2D eigenvalue weighted by Gasteiger charge is -2.35. The van der Waals surface area contributed by atoms with Crippen molar-refractivity contribution < 1.29 is 5.21 Å². The van der Waals surface area contributed by atoms with E-state index in [1.165, 1.54) is 5.06 Å². The zero-order valence-corrected chi connectivity index (χ0v) is 15.0. The third kappa shape index (κ3) is 4.21. The fraction of sp³-hybridized carbons (Fsp3) is 0.167. The van der Waals surface area contributed by atoms with Crippen LogP contribution >= 0.6 is 0 Å². The van der Waals surface area contributed by atoms with Gasteiger partial charge in [-0.15, -0.1) is 0 Å². The van der Waals surface area contributed by atoms with Crippen molar-refractivity contribution in [3.63, 3.8) is 0 Å². The van der Waals surface area contributed by atoms with Crippen molar-refractivity contribution in [3.8, 4) is 11.8 Å². The van der Waals surface area contributed by atoms with Crippen molar-refractivity contribution in [1.82, 2.24) is 5.06 Å². The Bertz CT molecular complexity index is 822. The number of hydrogen-bond acceptors (Lipinski definition) is 2. The van der Waals surface area contributed by atoms with E-state index in [1.807, 2.05) is 66.7 Å². The van der Waals surface area contributed by atoms with Crippen LogP contribution in [0.4, 0.5) is 0 Å². The SMILES string of the molecule is CN(O)CC(CC#Cc1ccccc1)(c1ccccc1)c1ccccc1. The smallest absolute Gasteiger partial charge is 0.0461 e. The molecule has 2 heteroatoms. The summed E-state index contributed by atoms with van der Waals surface area (Å²) in [7, 11) is 1.69. The van der Waals surface area contributed by atoms with Crippen molar-refractivity contribution in [1.29, 1.82) is 0 Å². The maximum absolute atomic E-state index is 10.1. The first-order chi connectivity index (χ1) is 12.7. The van der Waals surface area contributed by atoms with Crippen LogP contribution in [0.1, 0.15) is 23.1 Å². The summed E-state index contributed by atoms with van der Waals surface area (Å²) in [6.45, 7) is 0.463. The van der Waals surface area contributed by atoms with Crippen LogP contribution in [0.3, 0.4) is 0 Å². The lowest BCUT2D eigenvalue weighted by Crippen LogP contribution is -2.39. The summed E-state index contributed by atoms with van der Waals surface area (Å²) in [5.74, 6) is 6.62. The van der Waals surface area contributed by atoms with Gasteiger partial charge < -0.3 is 5.21 Å². The lowest BCUT2D eigenvalue weighted by molar-refractivity contribution is -0.0768. The Labute approximate surface area is 155 Å². The minimum Gasteiger partial charge on any atom is -0.314 e. The summed E-state index contributed by atoms with van der Waals surface area (Å²) >= 11 is 0. The van der Waals surface area contributed by atoms with Crippen LogP contribution in [0.25, 0.3) is 0 Å². The molecule has 26 heavy (non-hydrogen) atoms. The second-order valence-corrected chi connectivity index (χ2v) is 6.47. The molecule has 0 aromatic heterocycles. The molecular weight excluding hydrogens is 318 g/mol. The number of hydroxylamine groups is 2. The number of nitrogens with zero attached hydrogens (tertiary/aromatic N) is 1. The quantitative estimate of drug-likeness (QED) is 0.535. The Kier molecular flexibility index (Phi) is 5.86. The van der Waals surface area contributed by atoms with Crippen LogP contribution in [0.15, 0.2) is 91.0 Å². The van der Waals surface area contributed by atoms with Crippen LogP contribution < -0.4 is 0 Å². The van der Waals surface area contributed by atoms with E-state index in [4.69, 9.17) is 0 Å². The van der Waals surface area contributed by atoms with Crippen molar-refractivity contribution in [2.45, 2.75) is 11.8 Å². The molecule has 0 atom stereocenters. The summed E-state index contributed by atoms with van der Waals surface area (Å²) in [4.78, 5) is 0. The topological polar surface area (TPSA) is 23.5 Å². The van der Waals surface area contributed by atoms with Gasteiger partial charge in [0.15, 0.2) is 0 Å². The predicted molar refractivity (Wildman–Crippen MR) is 106 cm³/mol. The molecule has 2 nitrogen and oxygen atoms in total. The highest BCUT2D eigenvalue weighted by molar-refractivity contribution is 5.43. The van der Waals surface area contributed by atoms with Gasteiger partial charge in [-0.2, -0.15) is 5.06 Å². The van der Waals surface area contributed by atoms with Gasteiger partial charge in [-0.1, -0.05) is 90.7 Å². The van der Waals surface area contributed by atoms with E-state index in [0.717, 1.165) is 16.7 Å². The minimum atomic E-state index is -0.409. The predicted octanol–water partition coefficient (Wildman–Crippen LogP) is 4.74. The molecule has 0 aliphatic heterocycles. The van der Waals surface area contributed by atoms with Crippen molar-refractivity contribution in [2.75, 3.05) is 13.6 Å². The first-order valence-corrected chi connectivity index (χ1v) is 8.76. The fourth-order valence-corrected chi connectivity index (χ4v) is 3.33. The van der Waals surface area contributed by atoms with E-state index in [0.29, 0.717) is 13.0 Å². The summed E-state index contributed by atoms with van der Waals surface area (Å²) in [6.07, 6.45) is 0.612. The molecule has 1 N–H and O–H groups in total. The van der Waals surface area contributed by atoms with Crippen molar-refractivity contribution in [3.05, 3.63) is 108 Å². The van der Waals surface area contributed by atoms with E-state index in [1.54, 1.807) is 7.05 Å². The maximum Gasteiger partial charge on any atom is 0.0461 e. The molecule has 0 aliphatic carbocycles. The second kappa shape index (κ2) is 8.49. The first kappa shape index (κ1) is 17.9. The van der Waals surface area contributed by atoms with Crippen LogP contribution in [0, 0.1) is 11.8 Å². The van der Waals surface area contributed by atoms with Gasteiger partial charge in [0.05, 0.1) is 0 Å². The van der Waals surface area contributed by atoms with Gasteiger partial charge in [0.25, 0.3) is 0 Å². The third-order valence-corrected chi connectivity index (χ3v) is 4.55. The molecule has 0 heterocycles. The summed E-state index contributed by atoms with van der Waals surface area (Å²) in [6, 6.07) is 30.6. The molecule has 0 aliphatic rings. The molecule has 0 radical (unpaired) electrons. The van der Waals surface area contributed by atoms with Crippen molar-refractivity contribution >= 4 is 0 Å². The van der Waals surface area contributed by atoms with Gasteiger partial charge in [-0.05, 0) is 23.3 Å². The molecule has 0 saturated heterocycles. The standard InChI is InChI=1S/C24H23NO/c1-25(26)20-24(22-15-7-3-8-16-22,23-17-9-4-10-18-23)19-11-14-21-12-5-2-6-13-21/h2-10,12-13,15-18,26H,19-20H2,1H3. The van der Waals surface area contributed by atoms with E-state index < -0.39 is 5.41 Å². The summed E-state index contributed by atoms with van der Waals surface area (Å²) in [5, 5.41) is 11.4. The molecule has 0 amide bonds. The zero-order chi connectivity index (χ0) is 18.2. The largest absolute Gasteiger partial charge is 0.314 e. The highest BCUT2D eigenvalue weighted by Crippen LogP contribution is 2.36. The van der Waals surface area contributed by atoms with Gasteiger partial charge in [-0.25, -0.2) is 0 Å². The first-order valence-electron chi connectivity index (χ1n) is 8.76. The Hall–Kier alpha value is -2.86. The zero-order valence-electron chi connectivity index (χ0n) is 15.0. The highest BCUT2D eigenvalue weighted by atomic mass is 16.5. The van der Waals surface area contributed by atoms with E-state index in [2.05, 4.69) is 36.1 Å². The van der Waals surface area contributed by atoms with Crippen LogP contribution in [0.2, 0.25) is 0 Å². The molecule has 0 saturated carbocycles. The average Bonchev–Trinajstić information content (AvgIpc) is 2.69. The van der Waals surface area contributed by atoms with Gasteiger partial charge in [0.1, 0.15) is 0 Å². The molecular formula is C24H23NO. The third-order valence-electron chi connectivity index (χ3n) is 4.55. The molecule has 3 aromatic rings.